The number of rotatable bonds is 3. The van der Waals surface area contributed by atoms with Crippen molar-refractivity contribution in [2.75, 3.05) is 17.2 Å². The van der Waals surface area contributed by atoms with Gasteiger partial charge in [0.25, 0.3) is 0 Å². The van der Waals surface area contributed by atoms with Crippen LogP contribution in [0.15, 0.2) is 66.1 Å². The van der Waals surface area contributed by atoms with Crippen LogP contribution in [0.3, 0.4) is 0 Å². The van der Waals surface area contributed by atoms with Crippen molar-refractivity contribution in [3.8, 4) is 0 Å². The van der Waals surface area contributed by atoms with E-state index < -0.39 is 0 Å². The van der Waals surface area contributed by atoms with E-state index in [1.807, 2.05) is 48.5 Å². The van der Waals surface area contributed by atoms with Gasteiger partial charge in [0.1, 0.15) is 5.25 Å². The summed E-state index contributed by atoms with van der Waals surface area (Å²) in [5.41, 5.74) is 8.51. The Labute approximate surface area is 128 Å². The summed E-state index contributed by atoms with van der Waals surface area (Å²) >= 11 is 1.56. The van der Waals surface area contributed by atoms with Gasteiger partial charge in [-0.2, -0.15) is 0 Å². The van der Waals surface area contributed by atoms with Crippen LogP contribution in [-0.4, -0.2) is 12.5 Å². The van der Waals surface area contributed by atoms with E-state index in [9.17, 15) is 4.79 Å². The number of fused-ring (bicyclic) bond motifs is 1. The maximum Gasteiger partial charge on any atom is 0.245 e. The Kier molecular flexibility index (Phi) is 3.71. The Morgan fingerprint density at radius 1 is 1.24 bits per heavy atom. The number of nitrogen functional groups attached to an aromatic ring is 1. The highest BCUT2D eigenvalue weighted by atomic mass is 32.2. The summed E-state index contributed by atoms with van der Waals surface area (Å²) in [6.45, 7) is 4.25. The Morgan fingerprint density at radius 2 is 2.00 bits per heavy atom. The molecular weight excluding hydrogens is 280 g/mol. The van der Waals surface area contributed by atoms with Gasteiger partial charge in [0.2, 0.25) is 5.91 Å². The van der Waals surface area contributed by atoms with Crippen molar-refractivity contribution < 1.29 is 4.79 Å². The summed E-state index contributed by atoms with van der Waals surface area (Å²) < 4.78 is 0. The molecule has 1 aliphatic rings. The van der Waals surface area contributed by atoms with E-state index in [4.69, 9.17) is 5.73 Å². The number of hydrogen-bond donors (Lipinski definition) is 1. The second-order valence-corrected chi connectivity index (χ2v) is 6.02. The smallest absolute Gasteiger partial charge is 0.245 e. The normalized spacial score (nSPS) is 17.4. The molecule has 21 heavy (non-hydrogen) atoms. The minimum absolute atomic E-state index is 0.0865. The lowest BCUT2D eigenvalue weighted by Crippen LogP contribution is -2.37. The fourth-order valence-corrected chi connectivity index (χ4v) is 3.72. The van der Waals surface area contributed by atoms with Crippen molar-refractivity contribution in [3.05, 3.63) is 66.7 Å². The first kappa shape index (κ1) is 13.8. The van der Waals surface area contributed by atoms with Crippen LogP contribution in [0.1, 0.15) is 10.8 Å². The largest absolute Gasteiger partial charge is 0.399 e. The molecule has 1 atom stereocenters. The second kappa shape index (κ2) is 5.66. The molecule has 0 saturated heterocycles. The maximum atomic E-state index is 12.8. The third kappa shape index (κ3) is 2.54. The van der Waals surface area contributed by atoms with E-state index in [1.54, 1.807) is 22.7 Å². The predicted octanol–water partition coefficient (Wildman–Crippen LogP) is 3.63. The van der Waals surface area contributed by atoms with Crippen LogP contribution < -0.4 is 10.6 Å². The molecule has 2 N–H and O–H groups in total. The van der Waals surface area contributed by atoms with Gasteiger partial charge < -0.3 is 10.6 Å². The first-order valence-electron chi connectivity index (χ1n) is 6.74. The van der Waals surface area contributed by atoms with Gasteiger partial charge in [0.15, 0.2) is 0 Å². The van der Waals surface area contributed by atoms with Gasteiger partial charge in [-0.25, -0.2) is 0 Å². The van der Waals surface area contributed by atoms with Crippen LogP contribution in [0.2, 0.25) is 0 Å². The standard InChI is InChI=1S/C17H16N2OS/c1-2-10-19-14-9-8-13(18)11-15(14)21-16(17(19)20)12-6-4-3-5-7-12/h2-9,11,16H,1,10,18H2. The summed E-state index contributed by atoms with van der Waals surface area (Å²) in [5, 5.41) is -0.236. The molecule has 0 spiro atoms. The molecular formula is C17H16N2OS. The van der Waals surface area contributed by atoms with Crippen LogP contribution >= 0.6 is 11.8 Å². The van der Waals surface area contributed by atoms with Crippen molar-refractivity contribution in [1.82, 2.24) is 0 Å². The minimum atomic E-state index is -0.236. The topological polar surface area (TPSA) is 46.3 Å². The number of amides is 1. The molecule has 1 amide bonds. The lowest BCUT2D eigenvalue weighted by Gasteiger charge is -2.33. The summed E-state index contributed by atoms with van der Waals surface area (Å²) in [5.74, 6) is 0.0865. The van der Waals surface area contributed by atoms with Crippen LogP contribution in [0.5, 0.6) is 0 Å². The SMILES string of the molecule is C=CCN1C(=O)C(c2ccccc2)Sc2cc(N)ccc21. The first-order chi connectivity index (χ1) is 10.2. The van der Waals surface area contributed by atoms with Crippen molar-refractivity contribution in [2.24, 2.45) is 0 Å². The molecule has 2 aromatic carbocycles. The molecule has 3 nitrogen and oxygen atoms in total. The van der Waals surface area contributed by atoms with E-state index >= 15 is 0 Å². The molecule has 0 saturated carbocycles. The third-order valence-electron chi connectivity index (χ3n) is 3.42. The predicted molar refractivity (Wildman–Crippen MR) is 88.4 cm³/mol. The molecule has 106 valence electrons. The molecule has 0 aliphatic carbocycles. The van der Waals surface area contributed by atoms with Crippen LogP contribution in [0.4, 0.5) is 11.4 Å². The zero-order valence-corrected chi connectivity index (χ0v) is 12.3. The number of anilines is 2. The number of benzene rings is 2. The lowest BCUT2D eigenvalue weighted by molar-refractivity contribution is -0.118. The average Bonchev–Trinajstić information content (AvgIpc) is 2.51. The molecule has 0 fully saturated rings. The summed E-state index contributed by atoms with van der Waals surface area (Å²) in [7, 11) is 0. The Hall–Kier alpha value is -2.20. The van der Waals surface area contributed by atoms with Crippen molar-refractivity contribution in [1.29, 1.82) is 0 Å². The minimum Gasteiger partial charge on any atom is -0.399 e. The van der Waals surface area contributed by atoms with Crippen molar-refractivity contribution >= 4 is 29.0 Å². The fourth-order valence-electron chi connectivity index (χ4n) is 2.44. The summed E-state index contributed by atoms with van der Waals surface area (Å²) in [4.78, 5) is 15.6. The lowest BCUT2D eigenvalue weighted by atomic mass is 10.1. The number of hydrogen-bond acceptors (Lipinski definition) is 3. The molecule has 3 rings (SSSR count). The molecule has 0 aromatic heterocycles. The molecule has 1 unspecified atom stereocenters. The van der Waals surface area contributed by atoms with Gasteiger partial charge in [-0.1, -0.05) is 36.4 Å². The molecule has 1 heterocycles. The zero-order chi connectivity index (χ0) is 14.8. The fraction of sp³-hybridized carbons (Fsp3) is 0.118. The zero-order valence-electron chi connectivity index (χ0n) is 11.5. The number of carbonyl (C=O) groups is 1. The van der Waals surface area contributed by atoms with Gasteiger partial charge >= 0.3 is 0 Å². The quantitative estimate of drug-likeness (QED) is 0.695. The summed E-state index contributed by atoms with van der Waals surface area (Å²) in [6.07, 6.45) is 1.75. The second-order valence-electron chi connectivity index (χ2n) is 4.87. The van der Waals surface area contributed by atoms with E-state index in [1.165, 1.54) is 0 Å². The Morgan fingerprint density at radius 3 is 2.71 bits per heavy atom. The Bertz CT molecular complexity index is 684. The highest BCUT2D eigenvalue weighted by molar-refractivity contribution is 8.00. The number of carbonyl (C=O) groups excluding carboxylic acids is 1. The molecule has 4 heteroatoms. The van der Waals surface area contributed by atoms with Crippen LogP contribution in [-0.2, 0) is 4.79 Å². The molecule has 0 radical (unpaired) electrons. The number of nitrogens with two attached hydrogens (primary N) is 1. The molecule has 0 bridgehead atoms. The van der Waals surface area contributed by atoms with Crippen LogP contribution in [0, 0.1) is 0 Å². The maximum absolute atomic E-state index is 12.8. The average molecular weight is 296 g/mol. The van der Waals surface area contributed by atoms with Gasteiger partial charge in [-0.3, -0.25) is 4.79 Å². The van der Waals surface area contributed by atoms with Gasteiger partial charge in [-0.05, 0) is 23.8 Å². The van der Waals surface area contributed by atoms with Gasteiger partial charge in [0, 0.05) is 17.1 Å². The van der Waals surface area contributed by atoms with Crippen LogP contribution in [0.25, 0.3) is 0 Å². The van der Waals surface area contributed by atoms with Crippen molar-refractivity contribution in [2.45, 2.75) is 10.1 Å². The van der Waals surface area contributed by atoms with E-state index in [0.717, 1.165) is 16.1 Å². The van der Waals surface area contributed by atoms with Gasteiger partial charge in [-0.15, -0.1) is 18.3 Å². The number of nitrogens with zero attached hydrogens (tertiary/aromatic N) is 1. The molecule has 1 aliphatic heterocycles. The summed E-state index contributed by atoms with van der Waals surface area (Å²) in [6, 6.07) is 15.5. The van der Waals surface area contributed by atoms with E-state index in [-0.39, 0.29) is 11.2 Å². The molecule has 2 aromatic rings. The van der Waals surface area contributed by atoms with E-state index in [0.29, 0.717) is 12.2 Å². The highest BCUT2D eigenvalue weighted by Gasteiger charge is 2.33. The monoisotopic (exact) mass is 296 g/mol. The first-order valence-corrected chi connectivity index (χ1v) is 7.62. The Balaban J connectivity index is 2.07. The van der Waals surface area contributed by atoms with Crippen molar-refractivity contribution in [3.63, 3.8) is 0 Å². The van der Waals surface area contributed by atoms with E-state index in [2.05, 4.69) is 6.58 Å². The third-order valence-corrected chi connectivity index (χ3v) is 4.71. The highest BCUT2D eigenvalue weighted by Crippen LogP contribution is 2.47. The van der Waals surface area contributed by atoms with Gasteiger partial charge in [0.05, 0.1) is 5.69 Å². The number of thioether (sulfide) groups is 1.